The van der Waals surface area contributed by atoms with E-state index in [4.69, 9.17) is 0 Å². The van der Waals surface area contributed by atoms with Gasteiger partial charge < -0.3 is 5.32 Å². The fourth-order valence-corrected chi connectivity index (χ4v) is 1.79. The number of nitrogens with one attached hydrogen (secondary N) is 1. The number of hydrogen-bond acceptors (Lipinski definition) is 3. The smallest absolute Gasteiger partial charge is 0.272 e. The Morgan fingerprint density at radius 3 is 2.65 bits per heavy atom. The van der Waals surface area contributed by atoms with Crippen LogP contribution < -0.4 is 5.32 Å². The van der Waals surface area contributed by atoms with Crippen molar-refractivity contribution in [2.45, 2.75) is 13.5 Å². The highest BCUT2D eigenvalue weighted by atomic mass is 19.1. The minimum atomic E-state index is -0.576. The van der Waals surface area contributed by atoms with Crippen molar-refractivity contribution in [2.24, 2.45) is 0 Å². The van der Waals surface area contributed by atoms with Crippen LogP contribution in [0.1, 0.15) is 11.1 Å². The van der Waals surface area contributed by atoms with Crippen LogP contribution in [0.5, 0.6) is 0 Å². The Kier molecular flexibility index (Phi) is 3.93. The number of nitrogens with zero attached hydrogens (tertiary/aromatic N) is 1. The minimum absolute atomic E-state index is 0.00372. The van der Waals surface area contributed by atoms with Gasteiger partial charge in [-0.3, -0.25) is 10.1 Å². The molecular formula is C14H12F2N2O2. The molecule has 0 amide bonds. The largest absolute Gasteiger partial charge is 0.379 e. The van der Waals surface area contributed by atoms with Crippen LogP contribution in [0.15, 0.2) is 36.4 Å². The van der Waals surface area contributed by atoms with E-state index in [0.717, 1.165) is 18.2 Å². The predicted octanol–water partition coefficient (Wildman–Crippen LogP) is 3.79. The second-order valence-corrected chi connectivity index (χ2v) is 4.36. The lowest BCUT2D eigenvalue weighted by molar-refractivity contribution is -0.385. The van der Waals surface area contributed by atoms with Crippen LogP contribution in [-0.4, -0.2) is 4.92 Å². The molecule has 0 atom stereocenters. The number of nitro groups is 1. The highest BCUT2D eigenvalue weighted by molar-refractivity contribution is 5.47. The molecule has 0 bridgehead atoms. The molecule has 1 N–H and O–H groups in total. The first-order valence-electron chi connectivity index (χ1n) is 5.90. The summed E-state index contributed by atoms with van der Waals surface area (Å²) in [6.45, 7) is 1.81. The van der Waals surface area contributed by atoms with Gasteiger partial charge in [-0.2, -0.15) is 0 Å². The third-order valence-corrected chi connectivity index (χ3v) is 2.88. The van der Waals surface area contributed by atoms with E-state index in [9.17, 15) is 18.9 Å². The summed E-state index contributed by atoms with van der Waals surface area (Å²) in [6.07, 6.45) is 0. The molecule has 0 unspecified atom stereocenters. The molecule has 2 rings (SSSR count). The summed E-state index contributed by atoms with van der Waals surface area (Å²) in [7, 11) is 0. The van der Waals surface area contributed by atoms with Crippen molar-refractivity contribution in [1.82, 2.24) is 0 Å². The normalized spacial score (nSPS) is 10.3. The number of halogens is 2. The second kappa shape index (κ2) is 5.64. The van der Waals surface area contributed by atoms with E-state index in [2.05, 4.69) is 5.32 Å². The molecule has 0 heterocycles. The van der Waals surface area contributed by atoms with Crippen molar-refractivity contribution in [1.29, 1.82) is 0 Å². The molecule has 0 aromatic heterocycles. The van der Waals surface area contributed by atoms with Crippen molar-refractivity contribution in [3.05, 3.63) is 69.3 Å². The van der Waals surface area contributed by atoms with E-state index in [1.54, 1.807) is 19.1 Å². The van der Waals surface area contributed by atoms with Crippen LogP contribution in [0.2, 0.25) is 0 Å². The van der Waals surface area contributed by atoms with Gasteiger partial charge in [0, 0.05) is 18.2 Å². The molecule has 104 valence electrons. The monoisotopic (exact) mass is 278 g/mol. The van der Waals surface area contributed by atoms with E-state index >= 15 is 0 Å². The molecule has 0 aliphatic rings. The first-order valence-corrected chi connectivity index (χ1v) is 5.90. The van der Waals surface area contributed by atoms with Gasteiger partial charge in [-0.05, 0) is 30.7 Å². The average Bonchev–Trinajstić information content (AvgIpc) is 2.41. The first kappa shape index (κ1) is 13.9. The Balaban J connectivity index is 2.17. The van der Waals surface area contributed by atoms with Crippen molar-refractivity contribution in [2.75, 3.05) is 5.32 Å². The van der Waals surface area contributed by atoms with E-state index < -0.39 is 16.6 Å². The molecule has 0 fully saturated rings. The Labute approximate surface area is 114 Å². The van der Waals surface area contributed by atoms with E-state index in [-0.39, 0.29) is 17.9 Å². The van der Waals surface area contributed by atoms with Crippen molar-refractivity contribution < 1.29 is 13.7 Å². The zero-order valence-electron chi connectivity index (χ0n) is 10.7. The second-order valence-electron chi connectivity index (χ2n) is 4.36. The first-order chi connectivity index (χ1) is 9.47. The molecule has 0 saturated carbocycles. The predicted molar refractivity (Wildman–Crippen MR) is 71.5 cm³/mol. The van der Waals surface area contributed by atoms with Gasteiger partial charge in [-0.25, -0.2) is 8.78 Å². The number of aryl methyl sites for hydroxylation is 1. The molecule has 2 aromatic carbocycles. The molecule has 0 aliphatic carbocycles. The quantitative estimate of drug-likeness (QED) is 0.683. The van der Waals surface area contributed by atoms with Gasteiger partial charge in [-0.15, -0.1) is 0 Å². The molecule has 0 aliphatic heterocycles. The summed E-state index contributed by atoms with van der Waals surface area (Å²) in [5.41, 5.74) is 1.19. The van der Waals surface area contributed by atoms with Gasteiger partial charge in [0.1, 0.15) is 11.6 Å². The fraction of sp³-hybridized carbons (Fsp3) is 0.143. The Morgan fingerprint density at radius 1 is 1.20 bits per heavy atom. The van der Waals surface area contributed by atoms with Gasteiger partial charge in [-0.1, -0.05) is 12.1 Å². The standard InChI is InChI=1S/C14H12F2N2O2/c1-9-2-3-10(6-14(9)18(19)20)8-17-13-7-11(15)4-5-12(13)16/h2-7,17H,8H2,1H3. The van der Waals surface area contributed by atoms with Crippen LogP contribution in [0, 0.1) is 28.7 Å². The number of rotatable bonds is 4. The Bertz CT molecular complexity index is 660. The van der Waals surface area contributed by atoms with Crippen molar-refractivity contribution in [3.63, 3.8) is 0 Å². The summed E-state index contributed by atoms with van der Waals surface area (Å²) in [6, 6.07) is 7.83. The minimum Gasteiger partial charge on any atom is -0.379 e. The number of hydrogen-bond donors (Lipinski definition) is 1. The summed E-state index contributed by atoms with van der Waals surface area (Å²) in [5, 5.41) is 13.5. The van der Waals surface area contributed by atoms with Crippen LogP contribution in [-0.2, 0) is 6.54 Å². The SMILES string of the molecule is Cc1ccc(CNc2cc(F)ccc2F)cc1[N+](=O)[O-]. The third-order valence-electron chi connectivity index (χ3n) is 2.88. The lowest BCUT2D eigenvalue weighted by Gasteiger charge is -2.08. The molecule has 0 saturated heterocycles. The highest BCUT2D eigenvalue weighted by Crippen LogP contribution is 2.21. The van der Waals surface area contributed by atoms with Crippen molar-refractivity contribution >= 4 is 11.4 Å². The molecule has 4 nitrogen and oxygen atoms in total. The summed E-state index contributed by atoms with van der Waals surface area (Å²) >= 11 is 0. The maximum Gasteiger partial charge on any atom is 0.272 e. The topological polar surface area (TPSA) is 55.2 Å². The maximum atomic E-state index is 13.4. The van der Waals surface area contributed by atoms with Crippen LogP contribution in [0.25, 0.3) is 0 Å². The summed E-state index contributed by atoms with van der Waals surface area (Å²) in [4.78, 5) is 10.4. The number of nitro benzene ring substituents is 1. The maximum absolute atomic E-state index is 13.4. The molecule has 0 spiro atoms. The average molecular weight is 278 g/mol. The number of anilines is 1. The van der Waals surface area contributed by atoms with E-state index in [1.807, 2.05) is 0 Å². The van der Waals surface area contributed by atoms with Crippen LogP contribution in [0.3, 0.4) is 0 Å². The zero-order chi connectivity index (χ0) is 14.7. The Hall–Kier alpha value is -2.50. The summed E-state index contributed by atoms with van der Waals surface area (Å²) < 4.78 is 26.4. The van der Waals surface area contributed by atoms with Crippen LogP contribution in [0.4, 0.5) is 20.2 Å². The molecule has 6 heteroatoms. The van der Waals surface area contributed by atoms with Crippen molar-refractivity contribution in [3.8, 4) is 0 Å². The summed E-state index contributed by atoms with van der Waals surface area (Å²) in [5.74, 6) is -1.13. The highest BCUT2D eigenvalue weighted by Gasteiger charge is 2.11. The number of benzene rings is 2. The molecular weight excluding hydrogens is 266 g/mol. The lowest BCUT2D eigenvalue weighted by Crippen LogP contribution is -2.03. The van der Waals surface area contributed by atoms with Gasteiger partial charge in [0.25, 0.3) is 5.69 Å². The van der Waals surface area contributed by atoms with E-state index in [1.165, 1.54) is 6.07 Å². The molecule has 0 radical (unpaired) electrons. The van der Waals surface area contributed by atoms with Gasteiger partial charge >= 0.3 is 0 Å². The van der Waals surface area contributed by atoms with Crippen LogP contribution >= 0.6 is 0 Å². The van der Waals surface area contributed by atoms with E-state index in [0.29, 0.717) is 11.1 Å². The third kappa shape index (κ3) is 3.09. The lowest BCUT2D eigenvalue weighted by atomic mass is 10.1. The van der Waals surface area contributed by atoms with Gasteiger partial charge in [0.05, 0.1) is 10.6 Å². The molecule has 2 aromatic rings. The van der Waals surface area contributed by atoms with Gasteiger partial charge in [0.15, 0.2) is 0 Å². The zero-order valence-corrected chi connectivity index (χ0v) is 10.7. The van der Waals surface area contributed by atoms with Gasteiger partial charge in [0.2, 0.25) is 0 Å². The molecule has 20 heavy (non-hydrogen) atoms. The fourth-order valence-electron chi connectivity index (χ4n) is 1.79. The Morgan fingerprint density at radius 2 is 1.95 bits per heavy atom.